The first kappa shape index (κ1) is 25.0. The average Bonchev–Trinajstić information content (AvgIpc) is 3.08. The molecule has 0 radical (unpaired) electrons. The summed E-state index contributed by atoms with van der Waals surface area (Å²) >= 11 is 3.34. The van der Waals surface area contributed by atoms with Crippen molar-refractivity contribution in [3.05, 3.63) is 56.3 Å². The monoisotopic (exact) mass is 584 g/mol. The molecule has 0 aliphatic carbocycles. The molecule has 0 saturated carbocycles. The van der Waals surface area contributed by atoms with Crippen LogP contribution in [0.5, 0.6) is 11.5 Å². The maximum absolute atomic E-state index is 13.2. The molecule has 1 aliphatic heterocycles. The first-order chi connectivity index (χ1) is 15.9. The molecule has 0 unspecified atom stereocenters. The van der Waals surface area contributed by atoms with Crippen LogP contribution >= 0.6 is 34.4 Å². The Morgan fingerprint density at radius 1 is 1.21 bits per heavy atom. The van der Waals surface area contributed by atoms with Gasteiger partial charge in [-0.1, -0.05) is 0 Å². The molecule has 10 heteroatoms. The molecule has 0 aromatic heterocycles. The highest BCUT2D eigenvalue weighted by molar-refractivity contribution is 14.1. The number of ether oxygens (including phenoxy) is 3. The maximum atomic E-state index is 13.2. The standard InChI is InChI=1S/C23H22FIN2O5S/c1-4-27-22(29)19(33-23(27)26-16-8-6-15(24)7-9-16)12-14-10-17(25)21(18(11-14)31-5-2)32-13-20(28)30-3/h6-12H,4-5,13H2,1-3H3/b19-12+,26-23?. The van der Waals surface area contributed by atoms with Crippen LogP contribution in [0.15, 0.2) is 46.3 Å². The van der Waals surface area contributed by atoms with E-state index in [9.17, 15) is 14.0 Å². The molecule has 2 aromatic rings. The molecular weight excluding hydrogens is 562 g/mol. The van der Waals surface area contributed by atoms with Crippen molar-refractivity contribution in [1.82, 2.24) is 4.90 Å². The van der Waals surface area contributed by atoms with Crippen LogP contribution in [0.1, 0.15) is 19.4 Å². The van der Waals surface area contributed by atoms with Gasteiger partial charge in [-0.2, -0.15) is 0 Å². The SMILES string of the molecule is CCOc1cc(/C=C2/SC(=Nc3ccc(F)cc3)N(CC)C2=O)cc(I)c1OCC(=O)OC. The number of aliphatic imine (C=N–C) groups is 1. The topological polar surface area (TPSA) is 77.4 Å². The molecule has 1 aliphatic rings. The van der Waals surface area contributed by atoms with Gasteiger partial charge < -0.3 is 14.2 Å². The summed E-state index contributed by atoms with van der Waals surface area (Å²) in [5, 5.41) is 0.526. The average molecular weight is 584 g/mol. The summed E-state index contributed by atoms with van der Waals surface area (Å²) in [4.78, 5) is 31.0. The zero-order chi connectivity index (χ0) is 24.0. The molecule has 2 aromatic carbocycles. The van der Waals surface area contributed by atoms with Gasteiger partial charge in [-0.25, -0.2) is 14.2 Å². The molecule has 0 bridgehead atoms. The summed E-state index contributed by atoms with van der Waals surface area (Å²) in [6.07, 6.45) is 1.76. The predicted molar refractivity (Wildman–Crippen MR) is 134 cm³/mol. The molecule has 174 valence electrons. The van der Waals surface area contributed by atoms with Crippen LogP contribution in [-0.4, -0.2) is 48.8 Å². The van der Waals surface area contributed by atoms with Gasteiger partial charge in [0.15, 0.2) is 23.3 Å². The van der Waals surface area contributed by atoms with Crippen LogP contribution in [0.4, 0.5) is 10.1 Å². The molecule has 1 saturated heterocycles. The lowest BCUT2D eigenvalue weighted by Crippen LogP contribution is -2.28. The van der Waals surface area contributed by atoms with E-state index in [1.165, 1.54) is 31.0 Å². The quantitative estimate of drug-likeness (QED) is 0.247. The molecule has 1 amide bonds. The Hall–Kier alpha value is -2.60. The number of nitrogens with zero attached hydrogens (tertiary/aromatic N) is 2. The first-order valence-corrected chi connectivity index (χ1v) is 12.0. The Bertz CT molecular complexity index is 1100. The van der Waals surface area contributed by atoms with Gasteiger partial charge in [-0.15, -0.1) is 0 Å². The third kappa shape index (κ3) is 6.26. The number of hydrogen-bond acceptors (Lipinski definition) is 7. The summed E-state index contributed by atoms with van der Waals surface area (Å²) in [5.74, 6) is -0.115. The fraction of sp³-hybridized carbons (Fsp3) is 0.261. The Labute approximate surface area is 209 Å². The lowest BCUT2D eigenvalue weighted by Gasteiger charge is -2.14. The van der Waals surface area contributed by atoms with Gasteiger partial charge in [0.2, 0.25) is 0 Å². The third-order valence-electron chi connectivity index (χ3n) is 4.45. The lowest BCUT2D eigenvalue weighted by atomic mass is 10.2. The van der Waals surface area contributed by atoms with Gasteiger partial charge >= 0.3 is 5.97 Å². The summed E-state index contributed by atoms with van der Waals surface area (Å²) in [7, 11) is 1.29. The van der Waals surface area contributed by atoms with E-state index in [4.69, 9.17) is 9.47 Å². The number of amides is 1. The minimum atomic E-state index is -0.500. The van der Waals surface area contributed by atoms with Gasteiger partial charge in [0.25, 0.3) is 5.91 Å². The molecule has 33 heavy (non-hydrogen) atoms. The smallest absolute Gasteiger partial charge is 0.343 e. The van der Waals surface area contributed by atoms with Gasteiger partial charge in [0.05, 0.1) is 27.9 Å². The number of carbonyl (C=O) groups excluding carboxylic acids is 2. The number of benzene rings is 2. The van der Waals surface area contributed by atoms with Gasteiger partial charge in [-0.3, -0.25) is 9.69 Å². The van der Waals surface area contributed by atoms with Crippen molar-refractivity contribution in [1.29, 1.82) is 0 Å². The number of carbonyl (C=O) groups is 2. The molecule has 1 heterocycles. The van der Waals surface area contributed by atoms with Crippen LogP contribution < -0.4 is 9.47 Å². The highest BCUT2D eigenvalue weighted by atomic mass is 127. The second kappa shape index (κ2) is 11.5. The number of methoxy groups -OCH3 is 1. The van der Waals surface area contributed by atoms with Crippen LogP contribution in [0.3, 0.4) is 0 Å². The number of hydrogen-bond donors (Lipinski definition) is 0. The second-order valence-electron chi connectivity index (χ2n) is 6.66. The van der Waals surface area contributed by atoms with Crippen molar-refractivity contribution in [2.24, 2.45) is 4.99 Å². The largest absolute Gasteiger partial charge is 0.490 e. The van der Waals surface area contributed by atoms with Crippen molar-refractivity contribution in [3.63, 3.8) is 0 Å². The third-order valence-corrected chi connectivity index (χ3v) is 6.26. The number of rotatable bonds is 8. The molecule has 1 fully saturated rings. The summed E-state index contributed by atoms with van der Waals surface area (Å²) in [6, 6.07) is 9.37. The van der Waals surface area contributed by atoms with Crippen molar-refractivity contribution in [2.75, 3.05) is 26.9 Å². The van der Waals surface area contributed by atoms with E-state index in [2.05, 4.69) is 32.3 Å². The van der Waals surface area contributed by atoms with Crippen LogP contribution in [0.2, 0.25) is 0 Å². The van der Waals surface area contributed by atoms with Gasteiger partial charge in [0, 0.05) is 6.54 Å². The van der Waals surface area contributed by atoms with Crippen molar-refractivity contribution < 1.29 is 28.2 Å². The molecule has 7 nitrogen and oxygen atoms in total. The molecule has 0 N–H and O–H groups in total. The Balaban J connectivity index is 1.91. The molecule has 3 rings (SSSR count). The molecular formula is C23H22FIN2O5S. The zero-order valence-corrected chi connectivity index (χ0v) is 21.2. The van der Waals surface area contributed by atoms with E-state index in [0.29, 0.717) is 40.4 Å². The van der Waals surface area contributed by atoms with E-state index < -0.39 is 5.97 Å². The predicted octanol–water partition coefficient (Wildman–Crippen LogP) is 5.00. The van der Waals surface area contributed by atoms with E-state index in [0.717, 1.165) is 9.13 Å². The summed E-state index contributed by atoms with van der Waals surface area (Å²) in [5.41, 5.74) is 1.30. The second-order valence-corrected chi connectivity index (χ2v) is 8.83. The van der Waals surface area contributed by atoms with Crippen LogP contribution in [-0.2, 0) is 14.3 Å². The van der Waals surface area contributed by atoms with E-state index >= 15 is 0 Å². The number of halogens is 2. The van der Waals surface area contributed by atoms with E-state index in [1.54, 1.807) is 29.2 Å². The minimum absolute atomic E-state index is 0.164. The van der Waals surface area contributed by atoms with Crippen molar-refractivity contribution in [3.8, 4) is 11.5 Å². The van der Waals surface area contributed by atoms with Crippen LogP contribution in [0, 0.1) is 9.39 Å². The van der Waals surface area contributed by atoms with Crippen molar-refractivity contribution in [2.45, 2.75) is 13.8 Å². The lowest BCUT2D eigenvalue weighted by molar-refractivity contribution is -0.143. The summed E-state index contributed by atoms with van der Waals surface area (Å²) < 4.78 is 29.8. The van der Waals surface area contributed by atoms with Gasteiger partial charge in [-0.05, 0) is 96.2 Å². The Morgan fingerprint density at radius 3 is 2.58 bits per heavy atom. The highest BCUT2D eigenvalue weighted by Gasteiger charge is 2.32. The molecule has 0 atom stereocenters. The highest BCUT2D eigenvalue weighted by Crippen LogP contribution is 2.38. The minimum Gasteiger partial charge on any atom is -0.490 e. The van der Waals surface area contributed by atoms with Gasteiger partial charge in [0.1, 0.15) is 5.82 Å². The van der Waals surface area contributed by atoms with E-state index in [-0.39, 0.29) is 18.3 Å². The normalized spacial score (nSPS) is 15.9. The van der Waals surface area contributed by atoms with Crippen LogP contribution in [0.25, 0.3) is 6.08 Å². The Morgan fingerprint density at radius 2 is 1.94 bits per heavy atom. The molecule has 0 spiro atoms. The van der Waals surface area contributed by atoms with E-state index in [1.807, 2.05) is 19.9 Å². The zero-order valence-electron chi connectivity index (χ0n) is 18.3. The first-order valence-electron chi connectivity index (χ1n) is 10.1. The summed E-state index contributed by atoms with van der Waals surface area (Å²) in [6.45, 7) is 4.32. The Kier molecular flexibility index (Phi) is 8.73. The number of esters is 1. The number of thioether (sulfide) groups is 1. The fourth-order valence-corrected chi connectivity index (χ4v) is 4.76. The fourth-order valence-electron chi connectivity index (χ4n) is 2.91. The number of amidine groups is 1. The van der Waals surface area contributed by atoms with Crippen molar-refractivity contribution >= 4 is 63.2 Å². The number of likely N-dealkylation sites (N-methyl/N-ethyl adjacent to an activating group) is 1. The maximum Gasteiger partial charge on any atom is 0.343 e.